The van der Waals surface area contributed by atoms with E-state index in [-0.39, 0.29) is 48.8 Å². The van der Waals surface area contributed by atoms with Gasteiger partial charge in [-0.05, 0) is 58.6 Å². The number of benzene rings is 1. The lowest BCUT2D eigenvalue weighted by Gasteiger charge is -2.35. The second-order valence-electron chi connectivity index (χ2n) is 12.0. The van der Waals surface area contributed by atoms with Crippen molar-refractivity contribution in [2.75, 3.05) is 38.8 Å². The second-order valence-corrected chi connectivity index (χ2v) is 17.6. The van der Waals surface area contributed by atoms with E-state index in [1.165, 1.54) is 19.2 Å². The summed E-state index contributed by atoms with van der Waals surface area (Å²) in [5, 5.41) is 12.5. The minimum Gasteiger partial charge on any atom is -0.493 e. The van der Waals surface area contributed by atoms with Crippen molar-refractivity contribution in [2.24, 2.45) is 0 Å². The molecular weight excluding hydrogens is 520 g/mol. The number of nitrogens with one attached hydrogen (secondary N) is 1. The molecule has 1 aromatic carbocycles. The number of anilines is 1. The molecule has 1 atom stereocenters. The van der Waals surface area contributed by atoms with Gasteiger partial charge in [-0.3, -0.25) is 14.9 Å². The summed E-state index contributed by atoms with van der Waals surface area (Å²) in [6.45, 7) is 12.9. The SMILES string of the molecule is COc1cc(C(=O)N2CCCC[C@H]2CO)c(NC(=O)OC(C)(C)C)cc1OCCCC(=O)OCC[Si](C)(C)C. The molecule has 0 aromatic heterocycles. The Bertz CT molecular complexity index is 987. The maximum absolute atomic E-state index is 13.6. The minimum absolute atomic E-state index is 0.139. The molecule has 0 bridgehead atoms. The van der Waals surface area contributed by atoms with Crippen LogP contribution in [0.4, 0.5) is 10.5 Å². The maximum atomic E-state index is 13.6. The van der Waals surface area contributed by atoms with Crippen LogP contribution in [0.15, 0.2) is 12.1 Å². The number of carbonyl (C=O) groups is 3. The molecule has 10 nitrogen and oxygen atoms in total. The lowest BCUT2D eigenvalue weighted by Crippen LogP contribution is -2.45. The first-order chi connectivity index (χ1) is 18.2. The predicted molar refractivity (Wildman–Crippen MR) is 152 cm³/mol. The molecule has 1 aliphatic heterocycles. The lowest BCUT2D eigenvalue weighted by atomic mass is 10.0. The Labute approximate surface area is 233 Å². The third-order valence-corrected chi connectivity index (χ3v) is 7.87. The fourth-order valence-electron chi connectivity index (χ4n) is 4.08. The Balaban J connectivity index is 2.19. The minimum atomic E-state index is -1.27. The van der Waals surface area contributed by atoms with Gasteiger partial charge < -0.3 is 29.0 Å². The molecule has 0 aliphatic carbocycles. The van der Waals surface area contributed by atoms with Crippen molar-refractivity contribution in [3.05, 3.63) is 17.7 Å². The highest BCUT2D eigenvalue weighted by molar-refractivity contribution is 6.76. The van der Waals surface area contributed by atoms with Gasteiger partial charge in [-0.15, -0.1) is 0 Å². The Kier molecular flexibility index (Phi) is 12.1. The van der Waals surface area contributed by atoms with Crippen LogP contribution in [0.5, 0.6) is 11.5 Å². The number of piperidine rings is 1. The third kappa shape index (κ3) is 11.1. The van der Waals surface area contributed by atoms with E-state index in [4.69, 9.17) is 18.9 Å². The molecule has 2 rings (SSSR count). The van der Waals surface area contributed by atoms with Crippen LogP contribution in [0.2, 0.25) is 25.7 Å². The first-order valence-corrected chi connectivity index (χ1v) is 17.4. The summed E-state index contributed by atoms with van der Waals surface area (Å²) in [4.78, 5) is 39.9. The Hall–Kier alpha value is -2.79. The highest BCUT2D eigenvalue weighted by Gasteiger charge is 2.30. The number of hydrogen-bond donors (Lipinski definition) is 2. The first-order valence-electron chi connectivity index (χ1n) is 13.7. The van der Waals surface area contributed by atoms with Gasteiger partial charge >= 0.3 is 12.1 Å². The van der Waals surface area contributed by atoms with Crippen molar-refractivity contribution < 1.29 is 38.4 Å². The van der Waals surface area contributed by atoms with Crippen molar-refractivity contribution in [3.8, 4) is 11.5 Å². The molecule has 0 unspecified atom stereocenters. The summed E-state index contributed by atoms with van der Waals surface area (Å²) in [5.74, 6) is 0.0238. The number of esters is 1. The van der Waals surface area contributed by atoms with Crippen LogP contribution in [-0.2, 0) is 14.3 Å². The van der Waals surface area contributed by atoms with E-state index in [0.29, 0.717) is 37.5 Å². The summed E-state index contributed by atoms with van der Waals surface area (Å²) in [6.07, 6.45) is 2.39. The van der Waals surface area contributed by atoms with Gasteiger partial charge in [0.15, 0.2) is 11.5 Å². The maximum Gasteiger partial charge on any atom is 0.412 e. The van der Waals surface area contributed by atoms with E-state index in [0.717, 1.165) is 18.9 Å². The number of ether oxygens (including phenoxy) is 4. The zero-order chi connectivity index (χ0) is 29.2. The van der Waals surface area contributed by atoms with Crippen molar-refractivity contribution in [2.45, 2.75) is 90.2 Å². The van der Waals surface area contributed by atoms with Crippen molar-refractivity contribution >= 4 is 31.7 Å². The molecule has 1 saturated heterocycles. The highest BCUT2D eigenvalue weighted by atomic mass is 28.3. The smallest absolute Gasteiger partial charge is 0.412 e. The van der Waals surface area contributed by atoms with Gasteiger partial charge in [0, 0.05) is 27.1 Å². The third-order valence-electron chi connectivity index (χ3n) is 6.17. The molecule has 1 aliphatic rings. The number of amides is 2. The van der Waals surface area contributed by atoms with Gasteiger partial charge in [0.05, 0.1) is 44.2 Å². The lowest BCUT2D eigenvalue weighted by molar-refractivity contribution is -0.143. The fraction of sp³-hybridized carbons (Fsp3) is 0.679. The molecule has 0 radical (unpaired) electrons. The molecule has 2 N–H and O–H groups in total. The van der Waals surface area contributed by atoms with Crippen LogP contribution in [0, 0.1) is 0 Å². The quantitative estimate of drug-likeness (QED) is 0.204. The van der Waals surface area contributed by atoms with Crippen LogP contribution in [0.25, 0.3) is 0 Å². The van der Waals surface area contributed by atoms with Crippen molar-refractivity contribution in [1.82, 2.24) is 4.90 Å². The molecule has 0 spiro atoms. The molecule has 0 saturated carbocycles. The van der Waals surface area contributed by atoms with Crippen LogP contribution >= 0.6 is 0 Å². The number of aliphatic hydroxyl groups excluding tert-OH is 1. The van der Waals surface area contributed by atoms with Crippen molar-refractivity contribution in [1.29, 1.82) is 0 Å². The van der Waals surface area contributed by atoms with E-state index in [9.17, 15) is 19.5 Å². The van der Waals surface area contributed by atoms with Gasteiger partial charge in [0.2, 0.25) is 0 Å². The number of aliphatic hydroxyl groups is 1. The van der Waals surface area contributed by atoms with Gasteiger partial charge in [-0.2, -0.15) is 0 Å². The number of nitrogens with zero attached hydrogens (tertiary/aromatic N) is 1. The van der Waals surface area contributed by atoms with Crippen LogP contribution in [0.1, 0.15) is 63.2 Å². The standard InChI is InChI=1S/C28H46N2O8Si/c1-28(2,3)38-27(34)29-22-18-24(36-14-10-12-25(32)37-15-16-39(5,6)7)23(35-4)17-21(22)26(33)30-13-9-8-11-20(30)19-31/h17-18,20,31H,8-16,19H2,1-7H3,(H,29,34)/t20-/m0/s1. The van der Waals surface area contributed by atoms with Gasteiger partial charge in [0.25, 0.3) is 5.91 Å². The first kappa shape index (κ1) is 32.4. The predicted octanol–water partition coefficient (Wildman–Crippen LogP) is 5.07. The van der Waals surface area contributed by atoms with E-state index < -0.39 is 19.8 Å². The van der Waals surface area contributed by atoms with Crippen LogP contribution in [0.3, 0.4) is 0 Å². The number of carbonyl (C=O) groups excluding carboxylic acids is 3. The zero-order valence-electron chi connectivity index (χ0n) is 24.6. The van der Waals surface area contributed by atoms with Gasteiger partial charge in [-0.1, -0.05) is 19.6 Å². The summed E-state index contributed by atoms with van der Waals surface area (Å²) in [6, 6.07) is 3.67. The van der Waals surface area contributed by atoms with E-state index >= 15 is 0 Å². The molecule has 39 heavy (non-hydrogen) atoms. The topological polar surface area (TPSA) is 124 Å². The Morgan fingerprint density at radius 1 is 1.10 bits per heavy atom. The van der Waals surface area contributed by atoms with E-state index in [1.807, 2.05) is 0 Å². The Morgan fingerprint density at radius 2 is 1.82 bits per heavy atom. The van der Waals surface area contributed by atoms with Crippen molar-refractivity contribution in [3.63, 3.8) is 0 Å². The molecule has 1 heterocycles. The Morgan fingerprint density at radius 3 is 2.44 bits per heavy atom. The number of hydrogen-bond acceptors (Lipinski definition) is 8. The van der Waals surface area contributed by atoms with Crippen LogP contribution < -0.4 is 14.8 Å². The highest BCUT2D eigenvalue weighted by Crippen LogP contribution is 2.35. The second kappa shape index (κ2) is 14.6. The number of likely N-dealkylation sites (tertiary alicyclic amines) is 1. The fourth-order valence-corrected chi connectivity index (χ4v) is 4.79. The monoisotopic (exact) mass is 566 g/mol. The summed E-state index contributed by atoms with van der Waals surface area (Å²) >= 11 is 0. The molecular formula is C28H46N2O8Si. The normalized spacial score (nSPS) is 15.9. The average Bonchev–Trinajstić information content (AvgIpc) is 2.84. The number of rotatable bonds is 12. The summed E-state index contributed by atoms with van der Waals surface area (Å²) in [5.41, 5.74) is -0.326. The van der Waals surface area contributed by atoms with Gasteiger partial charge in [0.1, 0.15) is 5.60 Å². The van der Waals surface area contributed by atoms with E-state index in [2.05, 4.69) is 25.0 Å². The molecule has 1 fully saturated rings. The van der Waals surface area contributed by atoms with Gasteiger partial charge in [-0.25, -0.2) is 4.79 Å². The number of methoxy groups -OCH3 is 1. The molecule has 11 heteroatoms. The molecule has 220 valence electrons. The molecule has 2 amide bonds. The van der Waals surface area contributed by atoms with E-state index in [1.54, 1.807) is 25.7 Å². The summed E-state index contributed by atoms with van der Waals surface area (Å²) < 4.78 is 22.1. The van der Waals surface area contributed by atoms with Crippen LogP contribution in [-0.4, -0.2) is 81.2 Å². The average molecular weight is 567 g/mol. The molecule has 1 aromatic rings. The zero-order valence-corrected chi connectivity index (χ0v) is 25.6. The largest absolute Gasteiger partial charge is 0.493 e. The summed E-state index contributed by atoms with van der Waals surface area (Å²) in [7, 11) is 0.191.